The van der Waals surface area contributed by atoms with Crippen molar-refractivity contribution in [2.45, 2.75) is 19.8 Å². The van der Waals surface area contributed by atoms with Crippen LogP contribution in [0.4, 0.5) is 5.69 Å². The Morgan fingerprint density at radius 2 is 2.24 bits per heavy atom. The van der Waals surface area contributed by atoms with E-state index in [9.17, 15) is 14.9 Å². The van der Waals surface area contributed by atoms with Crippen LogP contribution in [0.2, 0.25) is 0 Å². The average molecular weight is 291 g/mol. The molecule has 0 saturated carbocycles. The number of ether oxygens (including phenoxy) is 1. The largest absolute Gasteiger partial charge is 0.477 e. The van der Waals surface area contributed by atoms with Crippen molar-refractivity contribution in [1.82, 2.24) is 4.90 Å². The van der Waals surface area contributed by atoms with Crippen LogP contribution in [0.3, 0.4) is 0 Å². The van der Waals surface area contributed by atoms with E-state index in [2.05, 4.69) is 0 Å². The fourth-order valence-electron chi connectivity index (χ4n) is 1.64. The third kappa shape index (κ3) is 4.76. The van der Waals surface area contributed by atoms with E-state index in [1.807, 2.05) is 13.0 Å². The zero-order chi connectivity index (χ0) is 15.8. The van der Waals surface area contributed by atoms with Crippen molar-refractivity contribution in [1.29, 1.82) is 5.26 Å². The van der Waals surface area contributed by atoms with Crippen molar-refractivity contribution in [2.75, 3.05) is 20.2 Å². The summed E-state index contributed by atoms with van der Waals surface area (Å²) in [6, 6.07) is 6.61. The van der Waals surface area contributed by atoms with Gasteiger partial charge in [-0.3, -0.25) is 14.9 Å². The molecule has 0 saturated heterocycles. The topological polar surface area (TPSA) is 96.5 Å². The van der Waals surface area contributed by atoms with Gasteiger partial charge >= 0.3 is 5.69 Å². The highest BCUT2D eigenvalue weighted by atomic mass is 16.6. The van der Waals surface area contributed by atoms with Gasteiger partial charge in [0.15, 0.2) is 12.4 Å². The number of nitrogens with zero attached hydrogens (tertiary/aromatic N) is 3. The standard InChI is InChI=1S/C14H17N3O4/c1-3-11-5-6-13(12(9-11)17(19)20)21-10-14(18)16(2)8-4-7-15/h5-6,9H,3-4,8,10H2,1-2H3. The average Bonchev–Trinajstić information content (AvgIpc) is 2.49. The minimum Gasteiger partial charge on any atom is -0.477 e. The fraction of sp³-hybridized carbons (Fsp3) is 0.429. The smallest absolute Gasteiger partial charge is 0.311 e. The highest BCUT2D eigenvalue weighted by molar-refractivity contribution is 5.77. The summed E-state index contributed by atoms with van der Waals surface area (Å²) in [5, 5.41) is 19.5. The minimum atomic E-state index is -0.529. The van der Waals surface area contributed by atoms with Crippen LogP contribution in [-0.4, -0.2) is 35.9 Å². The second kappa shape index (κ2) is 7.85. The van der Waals surface area contributed by atoms with Crippen molar-refractivity contribution in [2.24, 2.45) is 0 Å². The molecular formula is C14H17N3O4. The molecule has 0 aliphatic heterocycles. The number of carbonyl (C=O) groups excluding carboxylic acids is 1. The maximum atomic E-state index is 11.7. The molecule has 0 heterocycles. The molecule has 0 aromatic heterocycles. The second-order valence-corrected chi connectivity index (χ2v) is 4.42. The lowest BCUT2D eigenvalue weighted by Gasteiger charge is -2.15. The molecule has 0 fully saturated rings. The summed E-state index contributed by atoms with van der Waals surface area (Å²) < 4.78 is 5.25. The maximum absolute atomic E-state index is 11.7. The second-order valence-electron chi connectivity index (χ2n) is 4.42. The predicted molar refractivity (Wildman–Crippen MR) is 75.8 cm³/mol. The number of nitriles is 1. The summed E-state index contributed by atoms with van der Waals surface area (Å²) in [6.07, 6.45) is 0.907. The molecule has 21 heavy (non-hydrogen) atoms. The number of likely N-dealkylation sites (N-methyl/N-ethyl adjacent to an activating group) is 1. The van der Waals surface area contributed by atoms with Crippen LogP contribution in [0.1, 0.15) is 18.9 Å². The van der Waals surface area contributed by atoms with Gasteiger partial charge in [-0.1, -0.05) is 13.0 Å². The molecule has 0 bridgehead atoms. The zero-order valence-electron chi connectivity index (χ0n) is 12.0. The first-order valence-corrected chi connectivity index (χ1v) is 6.50. The van der Waals surface area contributed by atoms with E-state index in [1.54, 1.807) is 13.1 Å². The fourth-order valence-corrected chi connectivity index (χ4v) is 1.64. The predicted octanol–water partition coefficient (Wildman–Crippen LogP) is 1.91. The van der Waals surface area contributed by atoms with Crippen molar-refractivity contribution in [3.8, 4) is 11.8 Å². The molecule has 112 valence electrons. The lowest BCUT2D eigenvalue weighted by Crippen LogP contribution is -2.32. The van der Waals surface area contributed by atoms with Crippen LogP contribution in [-0.2, 0) is 11.2 Å². The zero-order valence-corrected chi connectivity index (χ0v) is 12.0. The van der Waals surface area contributed by atoms with Gasteiger partial charge < -0.3 is 9.64 Å². The van der Waals surface area contributed by atoms with Crippen molar-refractivity contribution < 1.29 is 14.5 Å². The highest BCUT2D eigenvalue weighted by Crippen LogP contribution is 2.28. The number of benzene rings is 1. The summed E-state index contributed by atoms with van der Waals surface area (Å²) >= 11 is 0. The van der Waals surface area contributed by atoms with Gasteiger partial charge in [-0.2, -0.15) is 5.26 Å². The molecule has 0 N–H and O–H groups in total. The Kier molecular flexibility index (Phi) is 6.14. The van der Waals surface area contributed by atoms with Crippen LogP contribution in [0, 0.1) is 21.4 Å². The first-order chi connectivity index (χ1) is 9.99. The van der Waals surface area contributed by atoms with E-state index in [1.165, 1.54) is 17.0 Å². The van der Waals surface area contributed by atoms with Gasteiger partial charge in [0.25, 0.3) is 5.91 Å². The van der Waals surface area contributed by atoms with Crippen molar-refractivity contribution >= 4 is 11.6 Å². The monoisotopic (exact) mass is 291 g/mol. The highest BCUT2D eigenvalue weighted by Gasteiger charge is 2.17. The Balaban J connectivity index is 2.73. The quantitative estimate of drug-likeness (QED) is 0.564. The van der Waals surface area contributed by atoms with E-state index in [0.717, 1.165) is 5.56 Å². The van der Waals surface area contributed by atoms with Gasteiger partial charge in [0.1, 0.15) is 0 Å². The number of aryl methyl sites for hydroxylation is 1. The SMILES string of the molecule is CCc1ccc(OCC(=O)N(C)CCC#N)c([N+](=O)[O-])c1. The van der Waals surface area contributed by atoms with E-state index in [4.69, 9.17) is 10.00 Å². The molecule has 0 aliphatic rings. The van der Waals surface area contributed by atoms with Crippen LogP contribution in [0.25, 0.3) is 0 Å². The van der Waals surface area contributed by atoms with Crippen LogP contribution < -0.4 is 4.74 Å². The first-order valence-electron chi connectivity index (χ1n) is 6.50. The molecule has 1 amide bonds. The number of hydrogen-bond acceptors (Lipinski definition) is 5. The van der Waals surface area contributed by atoms with Gasteiger partial charge in [0.2, 0.25) is 0 Å². The Morgan fingerprint density at radius 1 is 1.52 bits per heavy atom. The third-order valence-electron chi connectivity index (χ3n) is 2.96. The molecule has 1 aromatic rings. The lowest BCUT2D eigenvalue weighted by atomic mass is 10.1. The van der Waals surface area contributed by atoms with E-state index in [-0.39, 0.29) is 30.4 Å². The number of hydrogen-bond donors (Lipinski definition) is 0. The Morgan fingerprint density at radius 3 is 2.81 bits per heavy atom. The molecule has 0 radical (unpaired) electrons. The Bertz CT molecular complexity index is 566. The molecule has 7 heteroatoms. The molecule has 1 rings (SSSR count). The Labute approximate surface area is 122 Å². The summed E-state index contributed by atoms with van der Waals surface area (Å²) in [5.74, 6) is -0.265. The third-order valence-corrected chi connectivity index (χ3v) is 2.96. The molecular weight excluding hydrogens is 274 g/mol. The number of nitro benzene ring substituents is 1. The van der Waals surface area contributed by atoms with E-state index >= 15 is 0 Å². The molecule has 1 aromatic carbocycles. The van der Waals surface area contributed by atoms with Crippen LogP contribution in [0.5, 0.6) is 5.75 Å². The number of carbonyl (C=O) groups is 1. The number of nitro groups is 1. The number of amides is 1. The molecule has 0 spiro atoms. The van der Waals surface area contributed by atoms with Crippen molar-refractivity contribution in [3.05, 3.63) is 33.9 Å². The van der Waals surface area contributed by atoms with Gasteiger partial charge in [-0.05, 0) is 18.1 Å². The molecule has 0 unspecified atom stereocenters. The summed E-state index contributed by atoms with van der Waals surface area (Å²) in [7, 11) is 1.55. The van der Waals surface area contributed by atoms with E-state index < -0.39 is 4.92 Å². The number of rotatable bonds is 7. The Hall–Kier alpha value is -2.62. The van der Waals surface area contributed by atoms with Crippen molar-refractivity contribution in [3.63, 3.8) is 0 Å². The summed E-state index contributed by atoms with van der Waals surface area (Å²) in [6.45, 7) is 1.90. The van der Waals surface area contributed by atoms with Crippen LogP contribution in [0.15, 0.2) is 18.2 Å². The van der Waals surface area contributed by atoms with E-state index in [0.29, 0.717) is 13.0 Å². The molecule has 7 nitrogen and oxygen atoms in total. The summed E-state index contributed by atoms with van der Waals surface area (Å²) in [5.41, 5.74) is 0.674. The maximum Gasteiger partial charge on any atom is 0.311 e. The summed E-state index contributed by atoms with van der Waals surface area (Å²) in [4.78, 5) is 23.6. The van der Waals surface area contributed by atoms with Gasteiger partial charge in [-0.15, -0.1) is 0 Å². The van der Waals surface area contributed by atoms with Gasteiger partial charge in [-0.25, -0.2) is 0 Å². The van der Waals surface area contributed by atoms with Gasteiger partial charge in [0.05, 0.1) is 17.4 Å². The first kappa shape index (κ1) is 16.4. The van der Waals surface area contributed by atoms with Crippen LogP contribution >= 0.6 is 0 Å². The molecule has 0 aliphatic carbocycles. The molecule has 0 atom stereocenters. The lowest BCUT2D eigenvalue weighted by molar-refractivity contribution is -0.385. The normalized spacial score (nSPS) is 9.76. The van der Waals surface area contributed by atoms with Gasteiger partial charge in [0, 0.05) is 19.7 Å². The minimum absolute atomic E-state index is 0.0687.